The lowest BCUT2D eigenvalue weighted by atomic mass is 10.1. The molecular formula is C18H23N5O3. The van der Waals surface area contributed by atoms with Crippen molar-refractivity contribution in [3.05, 3.63) is 36.0 Å². The van der Waals surface area contributed by atoms with E-state index >= 15 is 0 Å². The molecule has 0 aliphatic carbocycles. The van der Waals surface area contributed by atoms with Gasteiger partial charge in [0.15, 0.2) is 0 Å². The molecule has 8 heteroatoms. The number of hydrogen-bond acceptors (Lipinski definition) is 5. The quantitative estimate of drug-likeness (QED) is 0.815. The minimum Gasteiger partial charge on any atom is -0.497 e. The van der Waals surface area contributed by atoms with Crippen molar-refractivity contribution in [1.82, 2.24) is 20.0 Å². The summed E-state index contributed by atoms with van der Waals surface area (Å²) in [4.78, 5) is 27.1. The molecule has 1 aromatic carbocycles. The Kier molecular flexibility index (Phi) is 5.22. The van der Waals surface area contributed by atoms with Gasteiger partial charge in [0.1, 0.15) is 11.8 Å². The smallest absolute Gasteiger partial charge is 0.241 e. The minimum absolute atomic E-state index is 0.129. The lowest BCUT2D eigenvalue weighted by Crippen LogP contribution is -2.59. The average molecular weight is 357 g/mol. The first-order chi connectivity index (χ1) is 12.5. The number of hydrogen-bond donors (Lipinski definition) is 2. The summed E-state index contributed by atoms with van der Waals surface area (Å²) >= 11 is 0. The number of piperazine rings is 1. The van der Waals surface area contributed by atoms with Gasteiger partial charge in [-0.15, -0.1) is 0 Å². The maximum absolute atomic E-state index is 11.7. The fourth-order valence-corrected chi connectivity index (χ4v) is 3.28. The molecule has 0 radical (unpaired) electrons. The van der Waals surface area contributed by atoms with Crippen LogP contribution in [0, 0.1) is 0 Å². The lowest BCUT2D eigenvalue weighted by molar-refractivity contribution is -0.141. The number of amides is 2. The van der Waals surface area contributed by atoms with Crippen LogP contribution >= 0.6 is 0 Å². The van der Waals surface area contributed by atoms with E-state index in [1.165, 1.54) is 6.92 Å². The molecule has 1 aliphatic heterocycles. The summed E-state index contributed by atoms with van der Waals surface area (Å²) < 4.78 is 5.19. The number of nitrogens with one attached hydrogen (secondary N) is 1. The molecule has 138 valence electrons. The van der Waals surface area contributed by atoms with Crippen LogP contribution < -0.4 is 10.5 Å². The predicted molar refractivity (Wildman–Crippen MR) is 96.2 cm³/mol. The zero-order valence-electron chi connectivity index (χ0n) is 14.9. The Bertz CT molecular complexity index is 786. The van der Waals surface area contributed by atoms with Crippen molar-refractivity contribution in [2.45, 2.75) is 19.5 Å². The Morgan fingerprint density at radius 1 is 1.31 bits per heavy atom. The Morgan fingerprint density at radius 3 is 2.65 bits per heavy atom. The molecule has 1 aromatic heterocycles. The summed E-state index contributed by atoms with van der Waals surface area (Å²) in [5, 5.41) is 7.20. The summed E-state index contributed by atoms with van der Waals surface area (Å²) in [5.74, 6) is 0.183. The molecule has 1 fully saturated rings. The molecule has 2 amide bonds. The number of benzene rings is 1. The second-order valence-corrected chi connectivity index (χ2v) is 6.36. The van der Waals surface area contributed by atoms with E-state index in [-0.39, 0.29) is 5.91 Å². The first-order valence-electron chi connectivity index (χ1n) is 8.45. The summed E-state index contributed by atoms with van der Waals surface area (Å²) in [6.45, 7) is 3.66. The number of primary amides is 1. The third kappa shape index (κ3) is 3.70. The van der Waals surface area contributed by atoms with Gasteiger partial charge in [-0.3, -0.25) is 19.6 Å². The third-order valence-electron chi connectivity index (χ3n) is 4.69. The number of methoxy groups -OCH3 is 1. The molecule has 3 rings (SSSR count). The van der Waals surface area contributed by atoms with E-state index in [2.05, 4.69) is 15.1 Å². The highest BCUT2D eigenvalue weighted by Gasteiger charge is 2.32. The Labute approximate surface area is 151 Å². The molecule has 0 bridgehead atoms. The van der Waals surface area contributed by atoms with Crippen molar-refractivity contribution in [3.63, 3.8) is 0 Å². The van der Waals surface area contributed by atoms with Gasteiger partial charge < -0.3 is 15.4 Å². The van der Waals surface area contributed by atoms with Crippen molar-refractivity contribution in [2.24, 2.45) is 5.73 Å². The number of H-pyrrole nitrogens is 1. The Balaban J connectivity index is 1.75. The van der Waals surface area contributed by atoms with Crippen molar-refractivity contribution in [3.8, 4) is 17.0 Å². The van der Waals surface area contributed by atoms with Gasteiger partial charge in [0.05, 0.1) is 19.0 Å². The van der Waals surface area contributed by atoms with Crippen molar-refractivity contribution in [1.29, 1.82) is 0 Å². The number of carbonyl (C=O) groups is 2. The van der Waals surface area contributed by atoms with Crippen LogP contribution in [-0.2, 0) is 16.1 Å². The van der Waals surface area contributed by atoms with Gasteiger partial charge in [0, 0.05) is 44.2 Å². The van der Waals surface area contributed by atoms with Crippen LogP contribution in [0.4, 0.5) is 0 Å². The van der Waals surface area contributed by atoms with Crippen molar-refractivity contribution < 1.29 is 14.3 Å². The molecule has 26 heavy (non-hydrogen) atoms. The van der Waals surface area contributed by atoms with Crippen LogP contribution in [0.1, 0.15) is 12.5 Å². The number of aromatic nitrogens is 2. The zero-order chi connectivity index (χ0) is 18.7. The minimum atomic E-state index is -0.599. The number of nitrogens with zero attached hydrogens (tertiary/aromatic N) is 3. The Morgan fingerprint density at radius 2 is 2.04 bits per heavy atom. The number of ether oxygens (including phenoxy) is 1. The maximum Gasteiger partial charge on any atom is 0.241 e. The average Bonchev–Trinajstić information content (AvgIpc) is 3.09. The highest BCUT2D eigenvalue weighted by atomic mass is 16.5. The maximum atomic E-state index is 11.7. The van der Waals surface area contributed by atoms with Crippen LogP contribution in [0.2, 0.25) is 0 Å². The van der Waals surface area contributed by atoms with Gasteiger partial charge in [-0.1, -0.05) is 0 Å². The van der Waals surface area contributed by atoms with Gasteiger partial charge in [-0.05, 0) is 24.3 Å². The van der Waals surface area contributed by atoms with Crippen LogP contribution in [0.3, 0.4) is 0 Å². The first-order valence-corrected chi connectivity index (χ1v) is 8.45. The van der Waals surface area contributed by atoms with Gasteiger partial charge >= 0.3 is 0 Å². The molecule has 1 aliphatic rings. The third-order valence-corrected chi connectivity index (χ3v) is 4.69. The molecule has 1 saturated heterocycles. The SMILES string of the molecule is COc1ccc(-c2[nH]ncc2CN2CCN(C(C)=O)[C@@H](C(N)=O)C2)cc1. The van der Waals surface area contributed by atoms with E-state index < -0.39 is 11.9 Å². The first kappa shape index (κ1) is 17.9. The van der Waals surface area contributed by atoms with Gasteiger partial charge in [0.25, 0.3) is 0 Å². The molecular weight excluding hydrogens is 334 g/mol. The molecule has 8 nitrogen and oxygen atoms in total. The molecule has 3 N–H and O–H groups in total. The largest absolute Gasteiger partial charge is 0.497 e. The van der Waals surface area contributed by atoms with Crippen LogP contribution in [0.5, 0.6) is 5.75 Å². The molecule has 1 atom stereocenters. The second-order valence-electron chi connectivity index (χ2n) is 6.36. The normalized spacial score (nSPS) is 17.9. The second kappa shape index (κ2) is 7.57. The molecule has 2 heterocycles. The van der Waals surface area contributed by atoms with Crippen LogP contribution in [0.15, 0.2) is 30.5 Å². The van der Waals surface area contributed by atoms with Crippen molar-refractivity contribution >= 4 is 11.8 Å². The highest BCUT2D eigenvalue weighted by molar-refractivity contribution is 5.86. The molecule has 2 aromatic rings. The fourth-order valence-electron chi connectivity index (χ4n) is 3.28. The van der Waals surface area contributed by atoms with Crippen molar-refractivity contribution in [2.75, 3.05) is 26.7 Å². The highest BCUT2D eigenvalue weighted by Crippen LogP contribution is 2.25. The number of carbonyl (C=O) groups excluding carboxylic acids is 2. The standard InChI is InChI=1S/C18H23N5O3/c1-12(24)23-8-7-22(11-16(23)18(19)25)10-14-9-20-21-17(14)13-3-5-15(26-2)6-4-13/h3-6,9,16H,7-8,10-11H2,1-2H3,(H2,19,25)(H,20,21)/t16-/m1/s1. The summed E-state index contributed by atoms with van der Waals surface area (Å²) in [5.41, 5.74) is 8.45. The van der Waals surface area contributed by atoms with E-state index in [0.717, 1.165) is 22.6 Å². The lowest BCUT2D eigenvalue weighted by Gasteiger charge is -2.39. The number of aromatic amines is 1. The predicted octanol–water partition coefficient (Wildman–Crippen LogP) is 0.603. The monoisotopic (exact) mass is 357 g/mol. The van der Waals surface area contributed by atoms with E-state index in [1.54, 1.807) is 18.2 Å². The van der Waals surface area contributed by atoms with E-state index in [0.29, 0.717) is 26.2 Å². The molecule has 0 unspecified atom stereocenters. The zero-order valence-corrected chi connectivity index (χ0v) is 14.9. The summed E-state index contributed by atoms with van der Waals surface area (Å²) in [7, 11) is 1.63. The topological polar surface area (TPSA) is 105 Å². The number of nitrogens with two attached hydrogens (primary N) is 1. The number of rotatable bonds is 5. The summed E-state index contributed by atoms with van der Waals surface area (Å²) in [6, 6.07) is 7.13. The Hall–Kier alpha value is -2.87. The van der Waals surface area contributed by atoms with E-state index in [4.69, 9.17) is 10.5 Å². The van der Waals surface area contributed by atoms with E-state index in [1.807, 2.05) is 24.3 Å². The molecule has 0 spiro atoms. The van der Waals surface area contributed by atoms with Crippen LogP contribution in [-0.4, -0.2) is 64.6 Å². The molecule has 0 saturated carbocycles. The van der Waals surface area contributed by atoms with E-state index in [9.17, 15) is 9.59 Å². The summed E-state index contributed by atoms with van der Waals surface area (Å²) in [6.07, 6.45) is 1.79. The van der Waals surface area contributed by atoms with Gasteiger partial charge in [0.2, 0.25) is 11.8 Å². The van der Waals surface area contributed by atoms with Gasteiger partial charge in [-0.25, -0.2) is 0 Å². The fraction of sp³-hybridized carbons (Fsp3) is 0.389. The van der Waals surface area contributed by atoms with Gasteiger partial charge in [-0.2, -0.15) is 5.10 Å². The van der Waals surface area contributed by atoms with Crippen LogP contribution in [0.25, 0.3) is 11.3 Å².